The fourth-order valence-electron chi connectivity index (χ4n) is 2.30. The van der Waals surface area contributed by atoms with Crippen molar-refractivity contribution < 1.29 is 4.79 Å². The summed E-state index contributed by atoms with van der Waals surface area (Å²) < 4.78 is 0. The van der Waals surface area contributed by atoms with Gasteiger partial charge in [0.05, 0.1) is 0 Å². The van der Waals surface area contributed by atoms with Gasteiger partial charge in [0.25, 0.3) is 0 Å². The van der Waals surface area contributed by atoms with Crippen molar-refractivity contribution in [3.63, 3.8) is 0 Å². The molecule has 1 amide bonds. The molecule has 114 valence electrons. The fourth-order valence-corrected chi connectivity index (χ4v) is 2.93. The van der Waals surface area contributed by atoms with E-state index in [4.69, 9.17) is 0 Å². The Morgan fingerprint density at radius 1 is 1.35 bits per heavy atom. The summed E-state index contributed by atoms with van der Waals surface area (Å²) >= 11 is 1.54. The third-order valence-corrected chi connectivity index (χ3v) is 4.27. The molecule has 2 fully saturated rings. The first-order valence-corrected chi connectivity index (χ1v) is 7.36. The van der Waals surface area contributed by atoms with E-state index < -0.39 is 5.54 Å². The number of thiazole rings is 1. The van der Waals surface area contributed by atoms with Crippen LogP contribution in [0.25, 0.3) is 0 Å². The molecule has 3 rings (SSSR count). The van der Waals surface area contributed by atoms with Crippen molar-refractivity contribution in [2.75, 3.05) is 18.4 Å². The van der Waals surface area contributed by atoms with E-state index in [9.17, 15) is 4.79 Å². The first-order chi connectivity index (χ1) is 8.78. The third kappa shape index (κ3) is 3.97. The molecular weight excluding hydrogens is 319 g/mol. The number of aromatic nitrogens is 1. The molecule has 1 saturated carbocycles. The lowest BCUT2D eigenvalue weighted by Gasteiger charge is -2.36. The molecule has 20 heavy (non-hydrogen) atoms. The zero-order valence-corrected chi connectivity index (χ0v) is 13.5. The van der Waals surface area contributed by atoms with Gasteiger partial charge in [-0.25, -0.2) is 4.98 Å². The van der Waals surface area contributed by atoms with Crippen molar-refractivity contribution in [1.82, 2.24) is 15.6 Å². The number of hydrogen-bond donors (Lipinski definition) is 3. The highest BCUT2D eigenvalue weighted by molar-refractivity contribution is 7.13. The number of rotatable bonds is 4. The SMILES string of the molecule is Cl.Cl.O=C(NC1CC1)C1(Nc2nccs2)CCNCC1. The van der Waals surface area contributed by atoms with Crippen molar-refractivity contribution in [3.05, 3.63) is 11.6 Å². The summed E-state index contributed by atoms with van der Waals surface area (Å²) in [4.78, 5) is 16.7. The van der Waals surface area contributed by atoms with E-state index in [0.717, 1.165) is 43.9 Å². The molecule has 0 unspecified atom stereocenters. The van der Waals surface area contributed by atoms with Crippen molar-refractivity contribution in [2.24, 2.45) is 0 Å². The van der Waals surface area contributed by atoms with Crippen LogP contribution in [0.15, 0.2) is 11.6 Å². The predicted octanol–water partition coefficient (Wildman–Crippen LogP) is 1.80. The van der Waals surface area contributed by atoms with Gasteiger partial charge < -0.3 is 16.0 Å². The first-order valence-electron chi connectivity index (χ1n) is 6.48. The molecular formula is C12H20Cl2N4OS. The molecule has 1 aromatic rings. The molecule has 0 aromatic carbocycles. The highest BCUT2D eigenvalue weighted by Gasteiger charge is 2.42. The molecule has 8 heteroatoms. The van der Waals surface area contributed by atoms with Gasteiger partial charge in [0, 0.05) is 17.6 Å². The van der Waals surface area contributed by atoms with E-state index in [1.165, 1.54) is 0 Å². The Hall–Kier alpha value is -0.560. The third-order valence-electron chi connectivity index (χ3n) is 3.58. The van der Waals surface area contributed by atoms with Crippen LogP contribution in [0.2, 0.25) is 0 Å². The van der Waals surface area contributed by atoms with Crippen LogP contribution < -0.4 is 16.0 Å². The van der Waals surface area contributed by atoms with Crippen LogP contribution in [0.5, 0.6) is 0 Å². The molecule has 2 aliphatic rings. The molecule has 0 bridgehead atoms. The minimum Gasteiger partial charge on any atom is -0.351 e. The highest BCUT2D eigenvalue weighted by atomic mass is 35.5. The molecule has 0 atom stereocenters. The minimum atomic E-state index is -0.480. The number of nitrogens with one attached hydrogen (secondary N) is 3. The zero-order chi connectivity index (χ0) is 12.4. The van der Waals surface area contributed by atoms with Gasteiger partial charge in [-0.2, -0.15) is 0 Å². The van der Waals surface area contributed by atoms with E-state index in [-0.39, 0.29) is 30.7 Å². The van der Waals surface area contributed by atoms with Crippen molar-refractivity contribution in [1.29, 1.82) is 0 Å². The lowest BCUT2D eigenvalue weighted by Crippen LogP contribution is -2.58. The second-order valence-corrected chi connectivity index (χ2v) is 5.94. The van der Waals surface area contributed by atoms with E-state index in [1.807, 2.05) is 5.38 Å². The molecule has 3 N–H and O–H groups in total. The van der Waals surface area contributed by atoms with Crippen molar-refractivity contribution in [3.8, 4) is 0 Å². The van der Waals surface area contributed by atoms with Crippen LogP contribution in [0.3, 0.4) is 0 Å². The Bertz CT molecular complexity index is 419. The number of carbonyl (C=O) groups excluding carboxylic acids is 1. The maximum atomic E-state index is 12.5. The van der Waals surface area contributed by atoms with E-state index in [1.54, 1.807) is 17.5 Å². The van der Waals surface area contributed by atoms with Gasteiger partial charge in [-0.15, -0.1) is 36.2 Å². The molecule has 2 heterocycles. The summed E-state index contributed by atoms with van der Waals surface area (Å²) in [6, 6.07) is 0.405. The maximum Gasteiger partial charge on any atom is 0.246 e. The van der Waals surface area contributed by atoms with Gasteiger partial charge >= 0.3 is 0 Å². The second-order valence-electron chi connectivity index (χ2n) is 5.04. The molecule has 1 aliphatic carbocycles. The standard InChI is InChI=1S/C12H18N4OS.2ClH/c17-10(15-9-1-2-9)12(3-5-13-6-4-12)16-11-14-7-8-18-11;;/h7-9,13H,1-6H2,(H,14,16)(H,15,17);2*1H. The van der Waals surface area contributed by atoms with Gasteiger partial charge in [-0.05, 0) is 38.8 Å². The molecule has 0 radical (unpaired) electrons. The smallest absolute Gasteiger partial charge is 0.246 e. The lowest BCUT2D eigenvalue weighted by atomic mass is 9.87. The van der Waals surface area contributed by atoms with Crippen LogP contribution in [-0.2, 0) is 4.79 Å². The molecule has 1 aromatic heterocycles. The number of anilines is 1. The number of hydrogen-bond acceptors (Lipinski definition) is 5. The van der Waals surface area contributed by atoms with Gasteiger partial charge in [-0.1, -0.05) is 0 Å². The van der Waals surface area contributed by atoms with Crippen LogP contribution in [0, 0.1) is 0 Å². The Balaban J connectivity index is 0.000001000. The summed E-state index contributed by atoms with van der Waals surface area (Å²) in [6.45, 7) is 1.74. The topological polar surface area (TPSA) is 66.0 Å². The van der Waals surface area contributed by atoms with Crippen LogP contribution >= 0.6 is 36.2 Å². The second kappa shape index (κ2) is 7.45. The Kier molecular flexibility index (Phi) is 6.51. The summed E-state index contributed by atoms with van der Waals surface area (Å²) in [6.07, 6.45) is 5.63. The molecule has 0 spiro atoms. The van der Waals surface area contributed by atoms with Gasteiger partial charge in [0.15, 0.2) is 5.13 Å². The average Bonchev–Trinajstić information content (AvgIpc) is 3.05. The Morgan fingerprint density at radius 3 is 2.60 bits per heavy atom. The highest BCUT2D eigenvalue weighted by Crippen LogP contribution is 2.28. The quantitative estimate of drug-likeness (QED) is 0.783. The van der Waals surface area contributed by atoms with E-state index in [2.05, 4.69) is 20.9 Å². The zero-order valence-electron chi connectivity index (χ0n) is 11.1. The summed E-state index contributed by atoms with van der Waals surface area (Å²) in [5.41, 5.74) is -0.480. The number of piperidine rings is 1. The van der Waals surface area contributed by atoms with Gasteiger partial charge in [0.2, 0.25) is 5.91 Å². The number of amides is 1. The summed E-state index contributed by atoms with van der Waals surface area (Å²) in [7, 11) is 0. The minimum absolute atomic E-state index is 0. The molecule has 5 nitrogen and oxygen atoms in total. The van der Waals surface area contributed by atoms with Crippen LogP contribution in [0.1, 0.15) is 25.7 Å². The lowest BCUT2D eigenvalue weighted by molar-refractivity contribution is -0.126. The Labute approximate surface area is 135 Å². The first kappa shape index (κ1) is 17.5. The van der Waals surface area contributed by atoms with Gasteiger partial charge in [0.1, 0.15) is 5.54 Å². The maximum absolute atomic E-state index is 12.5. The number of carbonyl (C=O) groups is 1. The average molecular weight is 339 g/mol. The van der Waals surface area contributed by atoms with Crippen molar-refractivity contribution >= 4 is 47.2 Å². The monoisotopic (exact) mass is 338 g/mol. The number of halogens is 2. The van der Waals surface area contributed by atoms with E-state index >= 15 is 0 Å². The normalized spacial score (nSPS) is 20.2. The van der Waals surface area contributed by atoms with E-state index in [0.29, 0.717) is 6.04 Å². The molecule has 1 saturated heterocycles. The van der Waals surface area contributed by atoms with Crippen molar-refractivity contribution in [2.45, 2.75) is 37.3 Å². The fraction of sp³-hybridized carbons (Fsp3) is 0.667. The largest absolute Gasteiger partial charge is 0.351 e. The van der Waals surface area contributed by atoms with Crippen LogP contribution in [-0.4, -0.2) is 35.6 Å². The summed E-state index contributed by atoms with van der Waals surface area (Å²) in [5.74, 6) is 0.140. The Morgan fingerprint density at radius 2 is 2.05 bits per heavy atom. The number of nitrogens with zero attached hydrogens (tertiary/aromatic N) is 1. The molecule has 1 aliphatic heterocycles. The van der Waals surface area contributed by atoms with Crippen LogP contribution in [0.4, 0.5) is 5.13 Å². The predicted molar refractivity (Wildman–Crippen MR) is 86.2 cm³/mol. The summed E-state index contributed by atoms with van der Waals surface area (Å²) in [5, 5.41) is 12.6. The van der Waals surface area contributed by atoms with Gasteiger partial charge in [-0.3, -0.25) is 4.79 Å².